The van der Waals surface area contributed by atoms with Crippen LogP contribution in [0.5, 0.6) is 0 Å². The van der Waals surface area contributed by atoms with Crippen molar-refractivity contribution in [1.29, 1.82) is 0 Å². The highest BCUT2D eigenvalue weighted by molar-refractivity contribution is 7.12. The second kappa shape index (κ2) is 5.07. The van der Waals surface area contributed by atoms with Crippen LogP contribution >= 0.6 is 11.3 Å². The summed E-state index contributed by atoms with van der Waals surface area (Å²) >= 11 is 1.86. The van der Waals surface area contributed by atoms with Gasteiger partial charge in [-0.2, -0.15) is 0 Å². The fraction of sp³-hybridized carbons (Fsp3) is 0.500. The fourth-order valence-electron chi connectivity index (χ4n) is 2.91. The number of nitrogens with two attached hydrogens (primary N) is 1. The number of rotatable bonds is 3. The van der Waals surface area contributed by atoms with Crippen molar-refractivity contribution >= 4 is 11.3 Å². The zero-order valence-corrected chi connectivity index (χ0v) is 12.3. The third-order valence-electron chi connectivity index (χ3n) is 3.88. The molecule has 1 aliphatic rings. The van der Waals surface area contributed by atoms with E-state index < -0.39 is 0 Å². The Morgan fingerprint density at radius 1 is 1.42 bits per heavy atom. The Labute approximate surface area is 117 Å². The maximum absolute atomic E-state index is 6.04. The largest absolute Gasteiger partial charge is 0.333 e. The molecule has 2 aromatic rings. The van der Waals surface area contributed by atoms with Crippen molar-refractivity contribution in [1.82, 2.24) is 14.5 Å². The van der Waals surface area contributed by atoms with Crippen LogP contribution in [0.25, 0.3) is 0 Å². The molecule has 0 aromatic carbocycles. The van der Waals surface area contributed by atoms with Gasteiger partial charge in [0.05, 0.1) is 6.54 Å². The molecule has 0 fully saturated rings. The lowest BCUT2D eigenvalue weighted by atomic mass is 10.1. The summed E-state index contributed by atoms with van der Waals surface area (Å²) in [6, 6.07) is 2.61. The van der Waals surface area contributed by atoms with Gasteiger partial charge in [-0.3, -0.25) is 4.90 Å². The highest BCUT2D eigenvalue weighted by Crippen LogP contribution is 2.31. The first-order chi connectivity index (χ1) is 9.19. The van der Waals surface area contributed by atoms with Crippen LogP contribution in [0, 0.1) is 13.8 Å². The van der Waals surface area contributed by atoms with Gasteiger partial charge in [0.15, 0.2) is 0 Å². The molecule has 0 radical (unpaired) electrons. The number of hydrogen-bond donors (Lipinski definition) is 1. The van der Waals surface area contributed by atoms with Gasteiger partial charge in [-0.1, -0.05) is 0 Å². The van der Waals surface area contributed by atoms with Gasteiger partial charge in [-0.15, -0.1) is 11.3 Å². The summed E-state index contributed by atoms with van der Waals surface area (Å²) in [5, 5.41) is 0. The van der Waals surface area contributed by atoms with Gasteiger partial charge in [0.2, 0.25) is 0 Å². The van der Waals surface area contributed by atoms with Crippen LogP contribution in [0.3, 0.4) is 0 Å². The molecular formula is C14H20N4S. The summed E-state index contributed by atoms with van der Waals surface area (Å²) in [6.07, 6.45) is 3.94. The van der Waals surface area contributed by atoms with E-state index >= 15 is 0 Å². The van der Waals surface area contributed by atoms with Crippen molar-refractivity contribution < 1.29 is 0 Å². The van der Waals surface area contributed by atoms with Crippen molar-refractivity contribution in [3.05, 3.63) is 39.6 Å². The molecule has 2 N–H and O–H groups in total. The lowest BCUT2D eigenvalue weighted by molar-refractivity contribution is 0.156. The first-order valence-corrected chi connectivity index (χ1v) is 7.51. The average molecular weight is 276 g/mol. The van der Waals surface area contributed by atoms with Crippen LogP contribution in [0.1, 0.15) is 27.2 Å². The molecule has 19 heavy (non-hydrogen) atoms. The molecule has 0 bridgehead atoms. The molecule has 4 nitrogen and oxygen atoms in total. The summed E-state index contributed by atoms with van der Waals surface area (Å²) in [6.45, 7) is 7.96. The van der Waals surface area contributed by atoms with Crippen molar-refractivity contribution in [2.75, 3.05) is 13.1 Å². The summed E-state index contributed by atoms with van der Waals surface area (Å²) in [5.41, 5.74) is 7.44. The highest BCUT2D eigenvalue weighted by atomic mass is 32.1. The number of fused-ring (bicyclic) bond motifs is 1. The summed E-state index contributed by atoms with van der Waals surface area (Å²) in [4.78, 5) is 9.64. The zero-order valence-electron chi connectivity index (χ0n) is 11.5. The summed E-state index contributed by atoms with van der Waals surface area (Å²) < 4.78 is 2.23. The van der Waals surface area contributed by atoms with E-state index in [2.05, 4.69) is 40.6 Å². The van der Waals surface area contributed by atoms with Crippen LogP contribution in [0.15, 0.2) is 18.5 Å². The van der Waals surface area contributed by atoms with Crippen molar-refractivity contribution in [3.8, 4) is 0 Å². The topological polar surface area (TPSA) is 47.1 Å². The summed E-state index contributed by atoms with van der Waals surface area (Å²) in [7, 11) is 0. The fourth-order valence-corrected chi connectivity index (χ4v) is 3.89. The second-order valence-corrected chi connectivity index (χ2v) is 6.59. The number of aromatic nitrogens is 2. The van der Waals surface area contributed by atoms with Crippen molar-refractivity contribution in [3.63, 3.8) is 0 Å². The van der Waals surface area contributed by atoms with Gasteiger partial charge in [0.25, 0.3) is 0 Å². The Morgan fingerprint density at radius 2 is 2.26 bits per heavy atom. The molecule has 0 saturated carbocycles. The molecule has 2 aromatic heterocycles. The van der Waals surface area contributed by atoms with Gasteiger partial charge in [0, 0.05) is 47.8 Å². The predicted molar refractivity (Wildman–Crippen MR) is 78.2 cm³/mol. The monoisotopic (exact) mass is 276 g/mol. The molecule has 1 unspecified atom stereocenters. The Bertz CT molecular complexity index is 572. The lowest BCUT2D eigenvalue weighted by Gasteiger charge is -2.34. The maximum atomic E-state index is 6.04. The third-order valence-corrected chi connectivity index (χ3v) is 4.86. The van der Waals surface area contributed by atoms with E-state index in [-0.39, 0.29) is 0 Å². The van der Waals surface area contributed by atoms with Crippen LogP contribution < -0.4 is 5.73 Å². The van der Waals surface area contributed by atoms with Crippen LogP contribution in [-0.4, -0.2) is 27.5 Å². The van der Waals surface area contributed by atoms with E-state index in [1.54, 1.807) is 0 Å². The first kappa shape index (κ1) is 12.8. The SMILES string of the molecule is Cc1cc(C(CN)N2CCn3ccnc3C2)c(C)s1. The molecule has 5 heteroatoms. The molecule has 3 heterocycles. The Kier molecular flexibility index (Phi) is 3.43. The molecule has 102 valence electrons. The number of imidazole rings is 1. The Balaban J connectivity index is 1.86. The number of aryl methyl sites for hydroxylation is 2. The van der Waals surface area contributed by atoms with Crippen LogP contribution in [0.4, 0.5) is 0 Å². The average Bonchev–Trinajstić information content (AvgIpc) is 2.97. The highest BCUT2D eigenvalue weighted by Gasteiger charge is 2.26. The van der Waals surface area contributed by atoms with Gasteiger partial charge in [-0.05, 0) is 25.5 Å². The van der Waals surface area contributed by atoms with Crippen LogP contribution in [0.2, 0.25) is 0 Å². The van der Waals surface area contributed by atoms with Gasteiger partial charge in [-0.25, -0.2) is 4.98 Å². The number of nitrogens with zero attached hydrogens (tertiary/aromatic N) is 3. The Morgan fingerprint density at radius 3 is 2.95 bits per heavy atom. The standard InChI is InChI=1S/C14H20N4S/c1-10-7-12(11(2)19-10)13(8-15)18-6-5-17-4-3-16-14(17)9-18/h3-4,7,13H,5-6,8-9,15H2,1-2H3. The molecule has 0 amide bonds. The zero-order chi connectivity index (χ0) is 13.4. The van der Waals surface area contributed by atoms with Crippen LogP contribution in [-0.2, 0) is 13.1 Å². The molecule has 0 spiro atoms. The third kappa shape index (κ3) is 2.33. The van der Waals surface area contributed by atoms with E-state index in [1.807, 2.05) is 17.5 Å². The maximum Gasteiger partial charge on any atom is 0.122 e. The first-order valence-electron chi connectivity index (χ1n) is 6.70. The summed E-state index contributed by atoms with van der Waals surface area (Å²) in [5.74, 6) is 1.15. The molecule has 3 rings (SSSR count). The predicted octanol–water partition coefficient (Wildman–Crippen LogP) is 2.08. The minimum atomic E-state index is 0.315. The number of hydrogen-bond acceptors (Lipinski definition) is 4. The molecule has 1 aliphatic heterocycles. The minimum Gasteiger partial charge on any atom is -0.333 e. The number of thiophene rings is 1. The molecule has 0 aliphatic carbocycles. The normalized spacial score (nSPS) is 17.4. The van der Waals surface area contributed by atoms with E-state index in [1.165, 1.54) is 15.3 Å². The Hall–Kier alpha value is -1.17. The quantitative estimate of drug-likeness (QED) is 0.933. The molecule has 1 atom stereocenters. The second-order valence-electron chi connectivity index (χ2n) is 5.13. The van der Waals surface area contributed by atoms with E-state index in [0.29, 0.717) is 12.6 Å². The molecule has 0 saturated heterocycles. The van der Waals surface area contributed by atoms with E-state index in [4.69, 9.17) is 5.73 Å². The smallest absolute Gasteiger partial charge is 0.122 e. The van der Waals surface area contributed by atoms with Gasteiger partial charge >= 0.3 is 0 Å². The van der Waals surface area contributed by atoms with Crippen molar-refractivity contribution in [2.24, 2.45) is 5.73 Å². The molecular weight excluding hydrogens is 256 g/mol. The van der Waals surface area contributed by atoms with E-state index in [0.717, 1.165) is 25.5 Å². The van der Waals surface area contributed by atoms with Crippen molar-refractivity contribution in [2.45, 2.75) is 33.0 Å². The van der Waals surface area contributed by atoms with Gasteiger partial charge < -0.3 is 10.3 Å². The lowest BCUT2D eigenvalue weighted by Crippen LogP contribution is -2.39. The van der Waals surface area contributed by atoms with E-state index in [9.17, 15) is 0 Å². The van der Waals surface area contributed by atoms with Gasteiger partial charge in [0.1, 0.15) is 5.82 Å². The minimum absolute atomic E-state index is 0.315.